The number of rotatable bonds is 5. The third-order valence-electron chi connectivity index (χ3n) is 3.19. The number of benzene rings is 1. The third kappa shape index (κ3) is 2.99. The molecule has 1 fully saturated rings. The average molecular weight is 295 g/mol. The van der Waals surface area contributed by atoms with Crippen LogP contribution >= 0.6 is 15.9 Å². The van der Waals surface area contributed by atoms with Crippen LogP contribution in [0.2, 0.25) is 0 Å². The van der Waals surface area contributed by atoms with Gasteiger partial charge in [0.05, 0.1) is 12.7 Å². The van der Waals surface area contributed by atoms with Crippen LogP contribution in [0.3, 0.4) is 0 Å². The predicted octanol–water partition coefficient (Wildman–Crippen LogP) is 2.98. The summed E-state index contributed by atoms with van der Waals surface area (Å²) in [5.74, 6) is 0.831. The van der Waals surface area contributed by atoms with E-state index in [1.165, 1.54) is 0 Å². The fourth-order valence-corrected chi connectivity index (χ4v) is 2.16. The smallest absolute Gasteiger partial charge is 0.119 e. The first kappa shape index (κ1) is 12.4. The monoisotopic (exact) mass is 294 g/mol. The molecule has 0 atom stereocenters. The van der Waals surface area contributed by atoms with E-state index < -0.39 is 0 Å². The Morgan fingerprint density at radius 2 is 2.24 bits per heavy atom. The van der Waals surface area contributed by atoms with Gasteiger partial charge in [0.25, 0.3) is 0 Å². The lowest BCUT2D eigenvalue weighted by atomic mass is 10.1. The quantitative estimate of drug-likeness (QED) is 0.908. The Labute approximate surface area is 110 Å². The summed E-state index contributed by atoms with van der Waals surface area (Å²) >= 11 is 3.44. The first-order valence-electron chi connectivity index (χ1n) is 5.67. The maximum Gasteiger partial charge on any atom is 0.119 e. The lowest BCUT2D eigenvalue weighted by Gasteiger charge is -2.13. The lowest BCUT2D eigenvalue weighted by Crippen LogP contribution is -2.12. The molecule has 1 aromatic carbocycles. The van der Waals surface area contributed by atoms with Gasteiger partial charge in [0, 0.05) is 22.9 Å². The van der Waals surface area contributed by atoms with E-state index in [0.29, 0.717) is 19.6 Å². The highest BCUT2D eigenvalue weighted by Gasteiger charge is 2.43. The molecule has 1 saturated carbocycles. The number of nitrogens with zero attached hydrogens (tertiary/aromatic N) is 1. The fourth-order valence-electron chi connectivity index (χ4n) is 1.75. The van der Waals surface area contributed by atoms with Crippen LogP contribution in [0.15, 0.2) is 22.7 Å². The summed E-state index contributed by atoms with van der Waals surface area (Å²) in [4.78, 5) is 0. The van der Waals surface area contributed by atoms with E-state index in [2.05, 4.69) is 22.0 Å². The summed E-state index contributed by atoms with van der Waals surface area (Å²) in [6.07, 6.45) is 2.79. The fraction of sp³-hybridized carbons (Fsp3) is 0.462. The van der Waals surface area contributed by atoms with E-state index in [0.717, 1.165) is 28.6 Å². The summed E-state index contributed by atoms with van der Waals surface area (Å²) in [5, 5.41) is 8.73. The zero-order chi connectivity index (χ0) is 12.3. The standard InChI is InChI=1S/C13H15BrN2O/c14-12-2-1-11(7-10(12)8-16)17-9-13(3-4-13)5-6-15/h1-2,7H,3-5,8-9,16H2. The summed E-state index contributed by atoms with van der Waals surface area (Å²) in [6.45, 7) is 1.12. The minimum absolute atomic E-state index is 0.116. The van der Waals surface area contributed by atoms with Gasteiger partial charge in [-0.2, -0.15) is 5.26 Å². The van der Waals surface area contributed by atoms with Crippen molar-refractivity contribution in [3.8, 4) is 11.8 Å². The Morgan fingerprint density at radius 3 is 2.82 bits per heavy atom. The molecule has 0 aliphatic heterocycles. The van der Waals surface area contributed by atoms with Gasteiger partial charge in [-0.05, 0) is 36.6 Å². The van der Waals surface area contributed by atoms with Gasteiger partial charge in [-0.1, -0.05) is 15.9 Å². The maximum atomic E-state index is 8.73. The van der Waals surface area contributed by atoms with Gasteiger partial charge in [-0.15, -0.1) is 0 Å². The summed E-state index contributed by atoms with van der Waals surface area (Å²) in [5.41, 5.74) is 6.78. The van der Waals surface area contributed by atoms with Crippen molar-refractivity contribution in [3.05, 3.63) is 28.2 Å². The largest absolute Gasteiger partial charge is 0.493 e. The molecule has 1 aliphatic carbocycles. The molecule has 1 aliphatic rings. The molecule has 0 spiro atoms. The second kappa shape index (κ2) is 5.07. The van der Waals surface area contributed by atoms with Crippen LogP contribution in [0.4, 0.5) is 0 Å². The van der Waals surface area contributed by atoms with Crippen molar-refractivity contribution in [3.63, 3.8) is 0 Å². The van der Waals surface area contributed by atoms with E-state index in [1.807, 2.05) is 18.2 Å². The number of hydrogen-bond acceptors (Lipinski definition) is 3. The molecule has 0 radical (unpaired) electrons. The van der Waals surface area contributed by atoms with Gasteiger partial charge in [-0.3, -0.25) is 0 Å². The molecule has 0 heterocycles. The Kier molecular flexibility index (Phi) is 3.70. The van der Waals surface area contributed by atoms with Crippen LogP contribution in [-0.4, -0.2) is 6.61 Å². The van der Waals surface area contributed by atoms with Crippen LogP contribution in [0, 0.1) is 16.7 Å². The zero-order valence-electron chi connectivity index (χ0n) is 9.58. The number of nitrogens with two attached hydrogens (primary N) is 1. The Balaban J connectivity index is 1.98. The molecular weight excluding hydrogens is 280 g/mol. The summed E-state index contributed by atoms with van der Waals surface area (Å²) in [6, 6.07) is 8.05. The van der Waals surface area contributed by atoms with E-state index in [1.54, 1.807) is 0 Å². The van der Waals surface area contributed by atoms with E-state index in [9.17, 15) is 0 Å². The molecule has 90 valence electrons. The van der Waals surface area contributed by atoms with Gasteiger partial charge in [-0.25, -0.2) is 0 Å². The van der Waals surface area contributed by atoms with Gasteiger partial charge < -0.3 is 10.5 Å². The number of halogens is 1. The molecule has 1 aromatic rings. The summed E-state index contributed by atoms with van der Waals surface area (Å²) < 4.78 is 6.76. The topological polar surface area (TPSA) is 59.0 Å². The highest BCUT2D eigenvalue weighted by atomic mass is 79.9. The minimum atomic E-state index is 0.116. The average Bonchev–Trinajstić information content (AvgIpc) is 3.09. The van der Waals surface area contributed by atoms with Crippen LogP contribution in [0.5, 0.6) is 5.75 Å². The first-order valence-corrected chi connectivity index (χ1v) is 6.47. The van der Waals surface area contributed by atoms with Crippen molar-refractivity contribution >= 4 is 15.9 Å². The molecule has 4 heteroatoms. The Morgan fingerprint density at radius 1 is 1.47 bits per heavy atom. The summed E-state index contributed by atoms with van der Waals surface area (Å²) in [7, 11) is 0. The Hall–Kier alpha value is -1.05. The van der Waals surface area contributed by atoms with E-state index in [4.69, 9.17) is 15.7 Å². The van der Waals surface area contributed by atoms with Crippen molar-refractivity contribution in [2.45, 2.75) is 25.8 Å². The molecule has 17 heavy (non-hydrogen) atoms. The second-order valence-electron chi connectivity index (χ2n) is 4.58. The van der Waals surface area contributed by atoms with Gasteiger partial charge >= 0.3 is 0 Å². The molecular formula is C13H15BrN2O. The number of hydrogen-bond donors (Lipinski definition) is 1. The third-order valence-corrected chi connectivity index (χ3v) is 3.97. The van der Waals surface area contributed by atoms with Gasteiger partial charge in [0.2, 0.25) is 0 Å². The molecule has 2 rings (SSSR count). The molecule has 0 amide bonds. The van der Waals surface area contributed by atoms with Crippen molar-refractivity contribution in [1.29, 1.82) is 5.26 Å². The molecule has 0 aromatic heterocycles. The number of ether oxygens (including phenoxy) is 1. The van der Waals surface area contributed by atoms with Crippen molar-refractivity contribution in [1.82, 2.24) is 0 Å². The van der Waals surface area contributed by atoms with Crippen LogP contribution in [-0.2, 0) is 6.54 Å². The minimum Gasteiger partial charge on any atom is -0.493 e. The number of nitriles is 1. The Bertz CT molecular complexity index is 449. The second-order valence-corrected chi connectivity index (χ2v) is 5.44. The molecule has 0 saturated heterocycles. The highest BCUT2D eigenvalue weighted by molar-refractivity contribution is 9.10. The zero-order valence-corrected chi connectivity index (χ0v) is 11.2. The normalized spacial score (nSPS) is 16.3. The molecule has 2 N–H and O–H groups in total. The van der Waals surface area contributed by atoms with Gasteiger partial charge in [0.15, 0.2) is 0 Å². The highest BCUT2D eigenvalue weighted by Crippen LogP contribution is 2.48. The van der Waals surface area contributed by atoms with Gasteiger partial charge in [0.1, 0.15) is 5.75 Å². The molecule has 3 nitrogen and oxygen atoms in total. The SMILES string of the molecule is N#CCC1(COc2ccc(Br)c(CN)c2)CC1. The van der Waals surface area contributed by atoms with Crippen molar-refractivity contribution in [2.75, 3.05) is 6.61 Å². The van der Waals surface area contributed by atoms with Crippen LogP contribution < -0.4 is 10.5 Å². The first-order chi connectivity index (χ1) is 8.19. The molecule has 0 bridgehead atoms. The van der Waals surface area contributed by atoms with E-state index >= 15 is 0 Å². The van der Waals surface area contributed by atoms with Crippen molar-refractivity contribution < 1.29 is 4.74 Å². The van der Waals surface area contributed by atoms with Crippen LogP contribution in [0.1, 0.15) is 24.8 Å². The molecule has 0 unspecified atom stereocenters. The van der Waals surface area contributed by atoms with Crippen molar-refractivity contribution in [2.24, 2.45) is 11.1 Å². The lowest BCUT2D eigenvalue weighted by molar-refractivity contribution is 0.236. The predicted molar refractivity (Wildman–Crippen MR) is 69.4 cm³/mol. The van der Waals surface area contributed by atoms with E-state index in [-0.39, 0.29) is 5.41 Å². The maximum absolute atomic E-state index is 8.73. The van der Waals surface area contributed by atoms with Crippen LogP contribution in [0.25, 0.3) is 0 Å².